The zero-order valence-corrected chi connectivity index (χ0v) is 13.4. The average Bonchev–Trinajstić information content (AvgIpc) is 2.51. The van der Waals surface area contributed by atoms with Crippen molar-refractivity contribution >= 4 is 17.7 Å². The van der Waals surface area contributed by atoms with Gasteiger partial charge in [0.05, 0.1) is 25.0 Å². The number of anilines is 1. The van der Waals surface area contributed by atoms with Crippen LogP contribution in [0.4, 0.5) is 23.7 Å². The molecule has 1 aliphatic heterocycles. The Morgan fingerprint density at radius 1 is 1.40 bits per heavy atom. The second kappa shape index (κ2) is 6.99. The Hall–Kier alpha value is -2.78. The van der Waals surface area contributed by atoms with Crippen LogP contribution in [0.25, 0.3) is 0 Å². The number of hydrogen-bond donors (Lipinski definition) is 1. The SMILES string of the molecule is CC(C)COC(=O)N1C(=O)C=C(O)CN1c1ccc(C(F)(F)F)nc1. The molecular weight excluding hydrogens is 343 g/mol. The first-order valence-corrected chi connectivity index (χ1v) is 7.30. The Morgan fingerprint density at radius 2 is 2.08 bits per heavy atom. The van der Waals surface area contributed by atoms with Crippen LogP contribution < -0.4 is 5.01 Å². The molecule has 1 aliphatic rings. The number of ether oxygens (including phenoxy) is 1. The first-order chi connectivity index (χ1) is 11.6. The first-order valence-electron chi connectivity index (χ1n) is 7.30. The van der Waals surface area contributed by atoms with Crippen molar-refractivity contribution in [1.82, 2.24) is 9.99 Å². The number of pyridine rings is 1. The summed E-state index contributed by atoms with van der Waals surface area (Å²) in [4.78, 5) is 27.5. The van der Waals surface area contributed by atoms with Crippen LogP contribution in [0.15, 0.2) is 30.2 Å². The van der Waals surface area contributed by atoms with Crippen molar-refractivity contribution in [3.05, 3.63) is 35.9 Å². The Kier molecular flexibility index (Phi) is 5.19. The lowest BCUT2D eigenvalue weighted by molar-refractivity contribution is -0.141. The summed E-state index contributed by atoms with van der Waals surface area (Å²) in [6.07, 6.45) is -3.92. The number of aliphatic hydroxyl groups excluding tert-OH is 1. The van der Waals surface area contributed by atoms with Gasteiger partial charge in [0, 0.05) is 6.08 Å². The number of carbonyl (C=O) groups is 2. The first kappa shape index (κ1) is 18.6. The Bertz CT molecular complexity index is 686. The van der Waals surface area contributed by atoms with E-state index in [2.05, 4.69) is 4.98 Å². The summed E-state index contributed by atoms with van der Waals surface area (Å²) >= 11 is 0. The number of hydrogen-bond acceptors (Lipinski definition) is 6. The van der Waals surface area contributed by atoms with E-state index in [1.807, 2.05) is 0 Å². The van der Waals surface area contributed by atoms with Crippen molar-refractivity contribution in [2.75, 3.05) is 18.2 Å². The molecule has 25 heavy (non-hydrogen) atoms. The van der Waals surface area contributed by atoms with Gasteiger partial charge in [0.15, 0.2) is 0 Å². The topological polar surface area (TPSA) is 83.0 Å². The van der Waals surface area contributed by atoms with E-state index in [-0.39, 0.29) is 30.5 Å². The highest BCUT2D eigenvalue weighted by atomic mass is 19.4. The van der Waals surface area contributed by atoms with Crippen LogP contribution in [-0.2, 0) is 15.7 Å². The highest BCUT2D eigenvalue weighted by Gasteiger charge is 2.35. The van der Waals surface area contributed by atoms with Gasteiger partial charge in [0.25, 0.3) is 5.91 Å². The summed E-state index contributed by atoms with van der Waals surface area (Å²) in [5, 5.41) is 11.2. The van der Waals surface area contributed by atoms with Gasteiger partial charge in [-0.25, -0.2) is 9.78 Å². The normalized spacial score (nSPS) is 15.4. The van der Waals surface area contributed by atoms with E-state index in [0.29, 0.717) is 11.1 Å². The third-order valence-electron chi connectivity index (χ3n) is 3.10. The molecule has 0 bridgehead atoms. The van der Waals surface area contributed by atoms with E-state index in [9.17, 15) is 27.9 Å². The molecule has 1 aromatic rings. The third-order valence-corrected chi connectivity index (χ3v) is 3.10. The number of carbonyl (C=O) groups excluding carboxylic acids is 2. The van der Waals surface area contributed by atoms with Crippen molar-refractivity contribution in [1.29, 1.82) is 0 Å². The van der Waals surface area contributed by atoms with Crippen LogP contribution in [0.5, 0.6) is 0 Å². The van der Waals surface area contributed by atoms with Gasteiger partial charge in [0.2, 0.25) is 0 Å². The molecule has 1 aromatic heterocycles. The lowest BCUT2D eigenvalue weighted by atomic mass is 10.2. The minimum absolute atomic E-state index is 0.0162. The van der Waals surface area contributed by atoms with Crippen molar-refractivity contribution in [2.45, 2.75) is 20.0 Å². The second-order valence-corrected chi connectivity index (χ2v) is 5.71. The predicted molar refractivity (Wildman–Crippen MR) is 80.3 cm³/mol. The molecule has 0 radical (unpaired) electrons. The lowest BCUT2D eigenvalue weighted by Crippen LogP contribution is -2.53. The summed E-state index contributed by atoms with van der Waals surface area (Å²) < 4.78 is 42.8. The summed E-state index contributed by atoms with van der Waals surface area (Å²) in [7, 11) is 0. The molecular formula is C15H16F3N3O4. The third kappa shape index (κ3) is 4.40. The van der Waals surface area contributed by atoms with Crippen LogP contribution in [0.1, 0.15) is 19.5 Å². The molecule has 2 heterocycles. The van der Waals surface area contributed by atoms with Crippen LogP contribution in [-0.4, -0.2) is 40.3 Å². The minimum Gasteiger partial charge on any atom is -0.510 e. The van der Waals surface area contributed by atoms with Crippen molar-refractivity contribution < 1.29 is 32.6 Å². The standard InChI is InChI=1S/C15H16F3N3O4/c1-9(2)8-25-14(24)21-13(23)5-11(22)7-20(21)10-3-4-12(19-6-10)15(16,17)18/h3-6,9,22H,7-8H2,1-2H3. The molecule has 136 valence electrons. The summed E-state index contributed by atoms with van der Waals surface area (Å²) in [6, 6.07) is 1.76. The molecule has 0 unspecified atom stereocenters. The largest absolute Gasteiger partial charge is 0.510 e. The molecule has 1 N–H and O–H groups in total. The van der Waals surface area contributed by atoms with Gasteiger partial charge in [0.1, 0.15) is 11.5 Å². The summed E-state index contributed by atoms with van der Waals surface area (Å²) in [6.45, 7) is 3.36. The summed E-state index contributed by atoms with van der Waals surface area (Å²) in [5.41, 5.74) is -1.10. The molecule has 7 nitrogen and oxygen atoms in total. The number of rotatable bonds is 3. The number of amides is 2. The fourth-order valence-electron chi connectivity index (χ4n) is 1.99. The monoisotopic (exact) mass is 359 g/mol. The minimum atomic E-state index is -4.62. The molecule has 0 spiro atoms. The maximum Gasteiger partial charge on any atom is 0.436 e. The van der Waals surface area contributed by atoms with Gasteiger partial charge in [-0.15, -0.1) is 5.01 Å². The van der Waals surface area contributed by atoms with E-state index in [0.717, 1.165) is 23.3 Å². The molecule has 0 saturated carbocycles. The van der Waals surface area contributed by atoms with E-state index >= 15 is 0 Å². The molecule has 0 saturated heterocycles. The van der Waals surface area contributed by atoms with Crippen molar-refractivity contribution in [3.8, 4) is 0 Å². The Morgan fingerprint density at radius 3 is 2.60 bits per heavy atom. The van der Waals surface area contributed by atoms with Gasteiger partial charge in [-0.05, 0) is 18.1 Å². The second-order valence-electron chi connectivity index (χ2n) is 5.71. The van der Waals surface area contributed by atoms with Gasteiger partial charge in [-0.1, -0.05) is 13.8 Å². The maximum atomic E-state index is 12.6. The van der Waals surface area contributed by atoms with Gasteiger partial charge < -0.3 is 9.84 Å². The number of nitrogens with zero attached hydrogens (tertiary/aromatic N) is 3. The molecule has 0 aliphatic carbocycles. The molecule has 0 fully saturated rings. The number of imide groups is 1. The maximum absolute atomic E-state index is 12.6. The molecule has 2 amide bonds. The van der Waals surface area contributed by atoms with E-state index < -0.39 is 23.9 Å². The van der Waals surface area contributed by atoms with Crippen molar-refractivity contribution in [2.24, 2.45) is 5.92 Å². The zero-order valence-electron chi connectivity index (χ0n) is 13.4. The van der Waals surface area contributed by atoms with Gasteiger partial charge in [-0.2, -0.15) is 13.2 Å². The number of aliphatic hydroxyl groups is 1. The Balaban J connectivity index is 2.30. The fraction of sp³-hybridized carbons (Fsp3) is 0.400. The fourth-order valence-corrected chi connectivity index (χ4v) is 1.99. The van der Waals surface area contributed by atoms with Crippen LogP contribution in [0.3, 0.4) is 0 Å². The zero-order chi connectivity index (χ0) is 18.8. The molecule has 10 heteroatoms. The number of alkyl halides is 3. The predicted octanol–water partition coefficient (Wildman–Crippen LogP) is 2.90. The number of halogens is 3. The molecule has 0 aromatic carbocycles. The highest BCUT2D eigenvalue weighted by Crippen LogP contribution is 2.29. The molecule has 0 atom stereocenters. The van der Waals surface area contributed by atoms with E-state index in [1.165, 1.54) is 0 Å². The Labute approximate surface area is 141 Å². The smallest absolute Gasteiger partial charge is 0.436 e. The average molecular weight is 359 g/mol. The number of aromatic nitrogens is 1. The quantitative estimate of drug-likeness (QED) is 0.894. The molecule has 2 rings (SSSR count). The highest BCUT2D eigenvalue weighted by molar-refractivity contribution is 6.01. The summed E-state index contributed by atoms with van der Waals surface area (Å²) in [5.74, 6) is -1.20. The number of hydrazine groups is 1. The van der Waals surface area contributed by atoms with Gasteiger partial charge >= 0.3 is 12.3 Å². The van der Waals surface area contributed by atoms with Crippen LogP contribution in [0.2, 0.25) is 0 Å². The van der Waals surface area contributed by atoms with E-state index in [1.54, 1.807) is 13.8 Å². The van der Waals surface area contributed by atoms with E-state index in [4.69, 9.17) is 4.74 Å². The van der Waals surface area contributed by atoms with Crippen LogP contribution >= 0.6 is 0 Å². The lowest BCUT2D eigenvalue weighted by Gasteiger charge is -2.35. The van der Waals surface area contributed by atoms with Gasteiger partial charge in [-0.3, -0.25) is 9.80 Å². The van der Waals surface area contributed by atoms with Crippen molar-refractivity contribution in [3.63, 3.8) is 0 Å². The van der Waals surface area contributed by atoms with Crippen LogP contribution in [0, 0.1) is 5.92 Å².